The van der Waals surface area contributed by atoms with Crippen LogP contribution in [0.25, 0.3) is 0 Å². The Morgan fingerprint density at radius 2 is 2.20 bits per heavy atom. The first-order valence-corrected chi connectivity index (χ1v) is 7.62. The molecule has 110 valence electrons. The Balaban J connectivity index is 1.67. The minimum absolute atomic E-state index is 0.208. The molecule has 0 unspecified atom stereocenters. The van der Waals surface area contributed by atoms with E-state index in [9.17, 15) is 4.79 Å². The highest BCUT2D eigenvalue weighted by Gasteiger charge is 2.38. The number of hydrogen-bond donors (Lipinski definition) is 1. The highest BCUT2D eigenvalue weighted by molar-refractivity contribution is 5.78. The summed E-state index contributed by atoms with van der Waals surface area (Å²) in [7, 11) is 1.97. The first kappa shape index (κ1) is 13.6. The van der Waals surface area contributed by atoms with Gasteiger partial charge in [0.05, 0.1) is 6.54 Å². The Morgan fingerprint density at radius 3 is 2.75 bits per heavy atom. The van der Waals surface area contributed by atoms with Crippen molar-refractivity contribution in [3.63, 3.8) is 0 Å². The van der Waals surface area contributed by atoms with Crippen molar-refractivity contribution in [2.45, 2.75) is 63.1 Å². The summed E-state index contributed by atoms with van der Waals surface area (Å²) in [4.78, 5) is 19.0. The maximum Gasteiger partial charge on any atom is 0.225 e. The Hall–Kier alpha value is -1.36. The van der Waals surface area contributed by atoms with Crippen LogP contribution in [0.4, 0.5) is 0 Å². The molecule has 1 amide bonds. The van der Waals surface area contributed by atoms with Gasteiger partial charge in [-0.3, -0.25) is 4.79 Å². The van der Waals surface area contributed by atoms with Crippen molar-refractivity contribution in [3.8, 4) is 0 Å². The molecule has 2 aliphatic carbocycles. The minimum atomic E-state index is -0.258. The average Bonchev–Trinajstić information content (AvgIpc) is 3.03. The third kappa shape index (κ3) is 2.87. The zero-order valence-electron chi connectivity index (χ0n) is 12.2. The van der Waals surface area contributed by atoms with Crippen LogP contribution in [0, 0.1) is 0 Å². The lowest BCUT2D eigenvalue weighted by Crippen LogP contribution is -2.44. The van der Waals surface area contributed by atoms with E-state index in [1.54, 1.807) is 6.20 Å². The molecule has 0 aliphatic heterocycles. The summed E-state index contributed by atoms with van der Waals surface area (Å²) in [6.07, 6.45) is 10.7. The van der Waals surface area contributed by atoms with E-state index < -0.39 is 0 Å². The lowest BCUT2D eigenvalue weighted by atomic mass is 9.94. The fourth-order valence-electron chi connectivity index (χ4n) is 3.17. The van der Waals surface area contributed by atoms with Crippen molar-refractivity contribution < 1.29 is 4.79 Å². The van der Waals surface area contributed by atoms with Gasteiger partial charge in [-0.1, -0.05) is 12.8 Å². The molecule has 1 aromatic heterocycles. The normalized spacial score (nSPS) is 21.1. The van der Waals surface area contributed by atoms with Crippen molar-refractivity contribution in [3.05, 3.63) is 18.2 Å². The number of nitrogens with two attached hydrogens (primary N) is 1. The second kappa shape index (κ2) is 5.20. The van der Waals surface area contributed by atoms with Crippen LogP contribution < -0.4 is 5.73 Å². The van der Waals surface area contributed by atoms with Crippen molar-refractivity contribution >= 4 is 5.91 Å². The van der Waals surface area contributed by atoms with Crippen molar-refractivity contribution in [1.29, 1.82) is 0 Å². The zero-order valence-corrected chi connectivity index (χ0v) is 12.2. The quantitative estimate of drug-likeness (QED) is 0.888. The van der Waals surface area contributed by atoms with E-state index in [1.165, 1.54) is 0 Å². The molecule has 0 aromatic carbocycles. The molecule has 20 heavy (non-hydrogen) atoms. The maximum atomic E-state index is 12.6. The van der Waals surface area contributed by atoms with Crippen LogP contribution >= 0.6 is 0 Å². The van der Waals surface area contributed by atoms with E-state index in [0.29, 0.717) is 19.0 Å². The summed E-state index contributed by atoms with van der Waals surface area (Å²) >= 11 is 0. The summed E-state index contributed by atoms with van der Waals surface area (Å²) in [5.41, 5.74) is 6.10. The highest BCUT2D eigenvalue weighted by atomic mass is 16.2. The third-order valence-electron chi connectivity index (χ3n) is 4.64. The highest BCUT2D eigenvalue weighted by Crippen LogP contribution is 2.34. The second-order valence-electron chi connectivity index (χ2n) is 6.45. The Labute approximate surface area is 120 Å². The van der Waals surface area contributed by atoms with Gasteiger partial charge in [-0.05, 0) is 25.7 Å². The van der Waals surface area contributed by atoms with Crippen LogP contribution in [-0.4, -0.2) is 31.9 Å². The van der Waals surface area contributed by atoms with Crippen molar-refractivity contribution in [2.24, 2.45) is 12.8 Å². The number of nitrogens with zero attached hydrogens (tertiary/aromatic N) is 3. The fourth-order valence-corrected chi connectivity index (χ4v) is 3.17. The van der Waals surface area contributed by atoms with E-state index in [2.05, 4.69) is 4.98 Å². The van der Waals surface area contributed by atoms with Gasteiger partial charge in [0, 0.05) is 37.4 Å². The molecule has 2 N–H and O–H groups in total. The molecule has 1 aromatic rings. The largest absolute Gasteiger partial charge is 0.337 e. The van der Waals surface area contributed by atoms with E-state index in [0.717, 1.165) is 44.3 Å². The Kier molecular flexibility index (Phi) is 3.54. The van der Waals surface area contributed by atoms with Crippen LogP contribution in [0.1, 0.15) is 50.8 Å². The number of carbonyl (C=O) groups excluding carboxylic acids is 1. The number of aryl methyl sites for hydroxylation is 1. The van der Waals surface area contributed by atoms with Crippen LogP contribution in [0.2, 0.25) is 0 Å². The molecular formula is C15H24N4O. The monoisotopic (exact) mass is 276 g/mol. The van der Waals surface area contributed by atoms with Crippen LogP contribution in [0.15, 0.2) is 12.4 Å². The average molecular weight is 276 g/mol. The lowest BCUT2D eigenvalue weighted by Gasteiger charge is -2.28. The standard InChI is InChI=1S/C15H24N4O/c1-18-9-8-17-13(18)11-19(12-4-5-12)14(20)10-15(16)6-2-3-7-15/h8-9,12H,2-7,10-11,16H2,1H3. The van der Waals surface area contributed by atoms with E-state index in [4.69, 9.17) is 5.73 Å². The van der Waals surface area contributed by atoms with Crippen LogP contribution in [0.5, 0.6) is 0 Å². The van der Waals surface area contributed by atoms with Gasteiger partial charge in [0.2, 0.25) is 5.91 Å². The summed E-state index contributed by atoms with van der Waals surface area (Å²) in [5, 5.41) is 0. The molecule has 0 spiro atoms. The summed E-state index contributed by atoms with van der Waals surface area (Å²) in [6, 6.07) is 0.407. The maximum absolute atomic E-state index is 12.6. The molecular weight excluding hydrogens is 252 g/mol. The first-order chi connectivity index (χ1) is 9.57. The predicted molar refractivity (Wildman–Crippen MR) is 76.8 cm³/mol. The van der Waals surface area contributed by atoms with Gasteiger partial charge in [0.25, 0.3) is 0 Å². The molecule has 0 atom stereocenters. The van der Waals surface area contributed by atoms with Gasteiger partial charge in [-0.25, -0.2) is 4.98 Å². The Bertz CT molecular complexity index is 486. The summed E-state index contributed by atoms with van der Waals surface area (Å²) in [5.74, 6) is 1.16. The zero-order chi connectivity index (χ0) is 14.2. The minimum Gasteiger partial charge on any atom is -0.337 e. The molecule has 2 fully saturated rings. The molecule has 1 heterocycles. The van der Waals surface area contributed by atoms with E-state index >= 15 is 0 Å². The van der Waals surface area contributed by atoms with E-state index in [-0.39, 0.29) is 11.4 Å². The van der Waals surface area contributed by atoms with E-state index in [1.807, 2.05) is 22.7 Å². The van der Waals surface area contributed by atoms with Crippen molar-refractivity contribution in [2.75, 3.05) is 0 Å². The van der Waals surface area contributed by atoms with Crippen molar-refractivity contribution in [1.82, 2.24) is 14.5 Å². The van der Waals surface area contributed by atoms with Crippen LogP contribution in [0.3, 0.4) is 0 Å². The molecule has 2 aliphatic rings. The van der Waals surface area contributed by atoms with Crippen LogP contribution in [-0.2, 0) is 18.4 Å². The second-order valence-corrected chi connectivity index (χ2v) is 6.45. The molecule has 0 bridgehead atoms. The Morgan fingerprint density at radius 1 is 1.50 bits per heavy atom. The topological polar surface area (TPSA) is 64.2 Å². The number of carbonyl (C=O) groups is 1. The fraction of sp³-hybridized carbons (Fsp3) is 0.733. The molecule has 5 nitrogen and oxygen atoms in total. The predicted octanol–water partition coefficient (Wildman–Crippen LogP) is 1.57. The van der Waals surface area contributed by atoms with Gasteiger partial charge in [-0.15, -0.1) is 0 Å². The molecule has 0 radical (unpaired) electrons. The van der Waals surface area contributed by atoms with Gasteiger partial charge < -0.3 is 15.2 Å². The smallest absolute Gasteiger partial charge is 0.225 e. The van der Waals surface area contributed by atoms with Gasteiger partial charge in [-0.2, -0.15) is 0 Å². The van der Waals surface area contributed by atoms with Gasteiger partial charge in [0.15, 0.2) is 0 Å². The SMILES string of the molecule is Cn1ccnc1CN(C(=O)CC1(N)CCCC1)C1CC1. The molecule has 3 rings (SSSR count). The third-order valence-corrected chi connectivity index (χ3v) is 4.64. The van der Waals surface area contributed by atoms with Gasteiger partial charge in [0.1, 0.15) is 5.82 Å². The number of hydrogen-bond acceptors (Lipinski definition) is 3. The number of imidazole rings is 1. The summed E-state index contributed by atoms with van der Waals surface area (Å²) < 4.78 is 1.98. The summed E-state index contributed by atoms with van der Waals surface area (Å²) in [6.45, 7) is 0.614. The lowest BCUT2D eigenvalue weighted by molar-refractivity contribution is -0.133. The van der Waals surface area contributed by atoms with Gasteiger partial charge >= 0.3 is 0 Å². The number of amides is 1. The molecule has 2 saturated carbocycles. The molecule has 5 heteroatoms. The first-order valence-electron chi connectivity index (χ1n) is 7.62. The number of rotatable bonds is 5. The molecule has 0 saturated heterocycles. The number of aromatic nitrogens is 2.